The fraction of sp³-hybridized carbons (Fsp3) is 0.154. The number of hydrogen-bond donors (Lipinski definition) is 2. The summed E-state index contributed by atoms with van der Waals surface area (Å²) in [6.45, 7) is 0.688. The molecule has 0 saturated heterocycles. The van der Waals surface area contributed by atoms with Crippen LogP contribution >= 0.6 is 0 Å². The van der Waals surface area contributed by atoms with Gasteiger partial charge in [-0.3, -0.25) is 0 Å². The SMILES string of the molecule is NCCc1ccc(Nc2ccccn2)cc1. The lowest BCUT2D eigenvalue weighted by Crippen LogP contribution is -2.02. The molecule has 0 aliphatic heterocycles. The van der Waals surface area contributed by atoms with E-state index in [1.807, 2.05) is 30.3 Å². The Kier molecular flexibility index (Phi) is 3.51. The number of nitrogens with two attached hydrogens (primary N) is 1. The largest absolute Gasteiger partial charge is 0.340 e. The molecule has 0 spiro atoms. The minimum Gasteiger partial charge on any atom is -0.340 e. The maximum absolute atomic E-state index is 5.50. The third-order valence-corrected chi connectivity index (χ3v) is 2.32. The van der Waals surface area contributed by atoms with E-state index in [-0.39, 0.29) is 0 Å². The van der Waals surface area contributed by atoms with Gasteiger partial charge in [-0.05, 0) is 42.8 Å². The number of pyridine rings is 1. The molecule has 0 amide bonds. The standard InChI is InChI=1S/C13H15N3/c14-9-8-11-4-6-12(7-5-11)16-13-3-1-2-10-15-13/h1-7,10H,8-9,14H2,(H,15,16). The summed E-state index contributed by atoms with van der Waals surface area (Å²) in [6, 6.07) is 14.0. The molecule has 0 aliphatic carbocycles. The summed E-state index contributed by atoms with van der Waals surface area (Å²) in [4.78, 5) is 4.20. The van der Waals surface area contributed by atoms with E-state index in [0.717, 1.165) is 17.9 Å². The molecule has 0 atom stereocenters. The highest BCUT2D eigenvalue weighted by Gasteiger charge is 1.95. The summed E-state index contributed by atoms with van der Waals surface area (Å²) in [6.07, 6.45) is 2.69. The molecule has 2 aromatic rings. The first kappa shape index (κ1) is 10.6. The third kappa shape index (κ3) is 2.81. The normalized spacial score (nSPS) is 10.1. The van der Waals surface area contributed by atoms with Crippen molar-refractivity contribution in [2.45, 2.75) is 6.42 Å². The lowest BCUT2D eigenvalue weighted by atomic mass is 10.1. The van der Waals surface area contributed by atoms with Gasteiger partial charge in [0.1, 0.15) is 5.82 Å². The van der Waals surface area contributed by atoms with Gasteiger partial charge >= 0.3 is 0 Å². The number of hydrogen-bond acceptors (Lipinski definition) is 3. The van der Waals surface area contributed by atoms with Crippen molar-refractivity contribution in [2.24, 2.45) is 5.73 Å². The summed E-state index contributed by atoms with van der Waals surface area (Å²) < 4.78 is 0. The minimum atomic E-state index is 0.688. The van der Waals surface area contributed by atoms with Gasteiger partial charge in [-0.2, -0.15) is 0 Å². The Hall–Kier alpha value is -1.87. The summed E-state index contributed by atoms with van der Waals surface area (Å²) in [7, 11) is 0. The Morgan fingerprint density at radius 2 is 1.88 bits per heavy atom. The van der Waals surface area contributed by atoms with Crippen LogP contribution < -0.4 is 11.1 Å². The van der Waals surface area contributed by atoms with E-state index in [2.05, 4.69) is 22.4 Å². The van der Waals surface area contributed by atoms with Crippen molar-refractivity contribution in [2.75, 3.05) is 11.9 Å². The van der Waals surface area contributed by atoms with Gasteiger partial charge < -0.3 is 11.1 Å². The van der Waals surface area contributed by atoms with Crippen LogP contribution in [-0.4, -0.2) is 11.5 Å². The number of aromatic nitrogens is 1. The second-order valence-corrected chi connectivity index (χ2v) is 3.58. The third-order valence-electron chi connectivity index (χ3n) is 2.32. The van der Waals surface area contributed by atoms with Gasteiger partial charge in [0.05, 0.1) is 0 Å². The molecule has 0 saturated carbocycles. The predicted molar refractivity (Wildman–Crippen MR) is 66.7 cm³/mol. The molecule has 0 unspecified atom stereocenters. The fourth-order valence-electron chi connectivity index (χ4n) is 1.51. The highest BCUT2D eigenvalue weighted by molar-refractivity contribution is 5.56. The van der Waals surface area contributed by atoms with Crippen molar-refractivity contribution in [3.63, 3.8) is 0 Å². The first-order chi connectivity index (χ1) is 7.88. The lowest BCUT2D eigenvalue weighted by molar-refractivity contribution is 0.969. The molecular formula is C13H15N3. The van der Waals surface area contributed by atoms with Crippen molar-refractivity contribution >= 4 is 11.5 Å². The van der Waals surface area contributed by atoms with Gasteiger partial charge in [-0.25, -0.2) is 4.98 Å². The number of rotatable bonds is 4. The molecule has 16 heavy (non-hydrogen) atoms. The number of anilines is 2. The summed E-state index contributed by atoms with van der Waals surface area (Å²) >= 11 is 0. The van der Waals surface area contributed by atoms with E-state index >= 15 is 0 Å². The van der Waals surface area contributed by atoms with Gasteiger partial charge in [0, 0.05) is 11.9 Å². The highest BCUT2D eigenvalue weighted by Crippen LogP contribution is 2.14. The van der Waals surface area contributed by atoms with Crippen LogP contribution in [0.15, 0.2) is 48.7 Å². The van der Waals surface area contributed by atoms with Crippen LogP contribution in [-0.2, 0) is 6.42 Å². The van der Waals surface area contributed by atoms with E-state index in [9.17, 15) is 0 Å². The Bertz CT molecular complexity index is 423. The van der Waals surface area contributed by atoms with Crippen molar-refractivity contribution in [3.8, 4) is 0 Å². The van der Waals surface area contributed by atoms with Gasteiger partial charge in [0.2, 0.25) is 0 Å². The smallest absolute Gasteiger partial charge is 0.130 e. The summed E-state index contributed by atoms with van der Waals surface area (Å²) in [5, 5.41) is 3.23. The Balaban J connectivity index is 2.05. The molecule has 3 nitrogen and oxygen atoms in total. The van der Waals surface area contributed by atoms with Crippen LogP contribution in [0.25, 0.3) is 0 Å². The first-order valence-electron chi connectivity index (χ1n) is 5.35. The second kappa shape index (κ2) is 5.28. The second-order valence-electron chi connectivity index (χ2n) is 3.58. The van der Waals surface area contributed by atoms with Crippen molar-refractivity contribution in [1.29, 1.82) is 0 Å². The topological polar surface area (TPSA) is 50.9 Å². The van der Waals surface area contributed by atoms with Gasteiger partial charge in [0.25, 0.3) is 0 Å². The molecule has 3 heteroatoms. The van der Waals surface area contributed by atoms with Crippen LogP contribution in [0, 0.1) is 0 Å². The molecule has 3 N–H and O–H groups in total. The van der Waals surface area contributed by atoms with Crippen LogP contribution in [0.1, 0.15) is 5.56 Å². The van der Waals surface area contributed by atoms with E-state index in [1.165, 1.54) is 5.56 Å². The molecule has 0 bridgehead atoms. The predicted octanol–water partition coefficient (Wildman–Crippen LogP) is 2.33. The number of nitrogens with zero attached hydrogens (tertiary/aromatic N) is 1. The summed E-state index contributed by atoms with van der Waals surface area (Å²) in [5.41, 5.74) is 7.80. The zero-order valence-electron chi connectivity index (χ0n) is 9.06. The Morgan fingerprint density at radius 3 is 2.50 bits per heavy atom. The highest BCUT2D eigenvalue weighted by atomic mass is 15.0. The lowest BCUT2D eigenvalue weighted by Gasteiger charge is -2.06. The van der Waals surface area contributed by atoms with Crippen LogP contribution in [0.3, 0.4) is 0 Å². The molecule has 2 rings (SSSR count). The average Bonchev–Trinajstić information content (AvgIpc) is 2.33. The molecule has 0 aliphatic rings. The quantitative estimate of drug-likeness (QED) is 0.819. The molecule has 0 fully saturated rings. The van der Waals surface area contributed by atoms with Crippen LogP contribution in [0.2, 0.25) is 0 Å². The maximum Gasteiger partial charge on any atom is 0.130 e. The Labute approximate surface area is 95.3 Å². The van der Waals surface area contributed by atoms with Crippen molar-refractivity contribution in [1.82, 2.24) is 4.98 Å². The molecule has 1 aromatic heterocycles. The zero-order chi connectivity index (χ0) is 11.2. The number of benzene rings is 1. The molecule has 1 heterocycles. The Morgan fingerprint density at radius 1 is 1.06 bits per heavy atom. The maximum atomic E-state index is 5.50. The van der Waals surface area contributed by atoms with Crippen molar-refractivity contribution < 1.29 is 0 Å². The van der Waals surface area contributed by atoms with E-state index in [1.54, 1.807) is 6.20 Å². The van der Waals surface area contributed by atoms with Crippen molar-refractivity contribution in [3.05, 3.63) is 54.2 Å². The summed E-state index contributed by atoms with van der Waals surface area (Å²) in [5.74, 6) is 0.856. The van der Waals surface area contributed by atoms with Gasteiger partial charge in [0.15, 0.2) is 0 Å². The molecule has 82 valence electrons. The average molecular weight is 213 g/mol. The minimum absolute atomic E-state index is 0.688. The van der Waals surface area contributed by atoms with Crippen LogP contribution in [0.4, 0.5) is 11.5 Å². The van der Waals surface area contributed by atoms with E-state index < -0.39 is 0 Å². The molecule has 1 aromatic carbocycles. The van der Waals surface area contributed by atoms with Gasteiger partial charge in [-0.15, -0.1) is 0 Å². The molecular weight excluding hydrogens is 198 g/mol. The fourth-order valence-corrected chi connectivity index (χ4v) is 1.51. The van der Waals surface area contributed by atoms with E-state index in [0.29, 0.717) is 6.54 Å². The molecule has 0 radical (unpaired) electrons. The first-order valence-corrected chi connectivity index (χ1v) is 5.35. The van der Waals surface area contributed by atoms with E-state index in [4.69, 9.17) is 5.73 Å². The zero-order valence-corrected chi connectivity index (χ0v) is 9.06. The number of nitrogens with one attached hydrogen (secondary N) is 1. The monoisotopic (exact) mass is 213 g/mol. The van der Waals surface area contributed by atoms with Crippen LogP contribution in [0.5, 0.6) is 0 Å². The van der Waals surface area contributed by atoms with Gasteiger partial charge in [-0.1, -0.05) is 18.2 Å².